The Morgan fingerprint density at radius 3 is 1.76 bits per heavy atom. The van der Waals surface area contributed by atoms with Gasteiger partial charge in [0.25, 0.3) is 0 Å². The number of rotatable bonds is 5. The molecule has 0 aliphatic carbocycles. The normalized spacial score (nSPS) is 23.1. The van der Waals surface area contributed by atoms with E-state index in [-0.39, 0.29) is 0 Å². The monoisotopic (exact) mass is 272 g/mol. The highest BCUT2D eigenvalue weighted by molar-refractivity contribution is 6.78. The van der Waals surface area contributed by atoms with Crippen LogP contribution in [0.4, 0.5) is 0 Å². The third kappa shape index (κ3) is 5.27. The minimum absolute atomic E-state index is 0.450. The van der Waals surface area contributed by atoms with E-state index in [0.29, 0.717) is 11.5 Å². The molecule has 102 valence electrons. The van der Waals surface area contributed by atoms with Crippen LogP contribution in [0.25, 0.3) is 0 Å². The molecule has 1 nitrogen and oxygen atoms in total. The predicted octanol–water partition coefficient (Wildman–Crippen LogP) is 4.85. The van der Waals surface area contributed by atoms with Gasteiger partial charge in [0.2, 0.25) is 0 Å². The van der Waals surface area contributed by atoms with Crippen molar-refractivity contribution < 1.29 is 4.74 Å². The third-order valence-corrected chi connectivity index (χ3v) is 7.31. The maximum absolute atomic E-state index is 6.05. The van der Waals surface area contributed by atoms with Crippen molar-refractivity contribution in [1.82, 2.24) is 0 Å². The van der Waals surface area contributed by atoms with Crippen LogP contribution in [0.15, 0.2) is 0 Å². The summed E-state index contributed by atoms with van der Waals surface area (Å²) in [5.74, 6) is 0. The number of ether oxygens (including phenoxy) is 1. The summed E-state index contributed by atoms with van der Waals surface area (Å²) in [5, 5.41) is 0. The van der Waals surface area contributed by atoms with Gasteiger partial charge in [0.1, 0.15) is 0 Å². The lowest BCUT2D eigenvalue weighted by Gasteiger charge is -2.42. The quantitative estimate of drug-likeness (QED) is 0.650. The van der Waals surface area contributed by atoms with Crippen LogP contribution in [0.5, 0.6) is 0 Å². The van der Waals surface area contributed by atoms with Gasteiger partial charge in [-0.15, -0.1) is 0 Å². The van der Waals surface area contributed by atoms with Crippen LogP contribution in [0, 0.1) is 5.41 Å². The maximum Gasteiger partial charge on any atom is 0.0624 e. The molecule has 1 heterocycles. The highest BCUT2D eigenvalue weighted by atomic mass is 28.3. The first-order valence-electron chi connectivity index (χ1n) is 7.14. The van der Waals surface area contributed by atoms with Crippen molar-refractivity contribution in [2.24, 2.45) is 5.41 Å². The molecule has 0 aromatic heterocycles. The predicted molar refractivity (Wildman–Crippen MR) is 83.4 cm³/mol. The average molecular weight is 273 g/mol. The molecular formula is C14H32OSi2. The standard InChI is InChI=1S/C14H32OSi2/c1-14(11-16(2,3)4,12-17(5,6)7)13-9-8-10-15-13/h13H,8-12H2,1-7H3. The second-order valence-corrected chi connectivity index (χ2v) is 19.6. The average Bonchev–Trinajstić information content (AvgIpc) is 2.45. The highest BCUT2D eigenvalue weighted by Gasteiger charge is 2.42. The fourth-order valence-electron chi connectivity index (χ4n) is 3.84. The molecule has 1 atom stereocenters. The Hall–Kier alpha value is 0.394. The molecule has 0 bridgehead atoms. The summed E-state index contributed by atoms with van der Waals surface area (Å²) < 4.78 is 6.05. The van der Waals surface area contributed by atoms with E-state index in [9.17, 15) is 0 Å². The zero-order valence-electron chi connectivity index (χ0n) is 13.0. The Bertz CT molecular complexity index is 228. The van der Waals surface area contributed by atoms with E-state index in [4.69, 9.17) is 4.74 Å². The lowest BCUT2D eigenvalue weighted by Crippen LogP contribution is -2.43. The lowest BCUT2D eigenvalue weighted by atomic mass is 9.86. The molecular weight excluding hydrogens is 240 g/mol. The molecule has 1 rings (SSSR count). The van der Waals surface area contributed by atoms with Crippen LogP contribution < -0.4 is 0 Å². The fourth-order valence-corrected chi connectivity index (χ4v) is 9.64. The molecule has 17 heavy (non-hydrogen) atoms. The SMILES string of the molecule is CC(C[Si](C)(C)C)(C[Si](C)(C)C)C1CCCO1. The van der Waals surface area contributed by atoms with Crippen LogP contribution in [0.1, 0.15) is 19.8 Å². The lowest BCUT2D eigenvalue weighted by molar-refractivity contribution is 0.0277. The molecule has 0 spiro atoms. The van der Waals surface area contributed by atoms with Gasteiger partial charge in [-0.05, 0) is 18.3 Å². The zero-order valence-corrected chi connectivity index (χ0v) is 15.0. The van der Waals surface area contributed by atoms with Crippen molar-refractivity contribution in [3.63, 3.8) is 0 Å². The summed E-state index contributed by atoms with van der Waals surface area (Å²) in [7, 11) is -2.04. The summed E-state index contributed by atoms with van der Waals surface area (Å²) in [6.07, 6.45) is 3.12. The van der Waals surface area contributed by atoms with Crippen LogP contribution >= 0.6 is 0 Å². The van der Waals surface area contributed by atoms with Gasteiger partial charge in [0.05, 0.1) is 6.10 Å². The molecule has 1 fully saturated rings. The molecule has 3 heteroatoms. The molecule has 0 aromatic rings. The first-order valence-corrected chi connectivity index (χ1v) is 14.5. The first-order chi connectivity index (χ1) is 7.52. The number of hydrogen-bond acceptors (Lipinski definition) is 1. The Balaban J connectivity index is 2.83. The molecule has 1 aliphatic rings. The molecule has 0 radical (unpaired) electrons. The van der Waals surface area contributed by atoms with E-state index in [1.807, 2.05) is 0 Å². The minimum atomic E-state index is -1.02. The van der Waals surface area contributed by atoms with Crippen molar-refractivity contribution >= 4 is 16.1 Å². The second kappa shape index (κ2) is 5.18. The Morgan fingerprint density at radius 2 is 1.47 bits per heavy atom. The number of hydrogen-bond donors (Lipinski definition) is 0. The highest BCUT2D eigenvalue weighted by Crippen LogP contribution is 2.44. The largest absolute Gasteiger partial charge is 0.378 e. The Labute approximate surface area is 110 Å². The molecule has 0 N–H and O–H groups in total. The van der Waals surface area contributed by atoms with Gasteiger partial charge in [-0.1, -0.05) is 58.3 Å². The molecule has 1 unspecified atom stereocenters. The maximum atomic E-state index is 6.05. The third-order valence-electron chi connectivity index (χ3n) is 3.58. The molecule has 0 amide bonds. The Morgan fingerprint density at radius 1 is 1.00 bits per heavy atom. The van der Waals surface area contributed by atoms with Crippen molar-refractivity contribution in [2.45, 2.75) is 77.2 Å². The van der Waals surface area contributed by atoms with Crippen molar-refractivity contribution in [3.05, 3.63) is 0 Å². The van der Waals surface area contributed by atoms with Crippen LogP contribution in [-0.2, 0) is 4.74 Å². The molecule has 0 aromatic carbocycles. The van der Waals surface area contributed by atoms with Crippen LogP contribution in [0.2, 0.25) is 51.4 Å². The smallest absolute Gasteiger partial charge is 0.0624 e. The second-order valence-electron chi connectivity index (χ2n) is 8.63. The van der Waals surface area contributed by atoms with Crippen LogP contribution in [-0.4, -0.2) is 28.9 Å². The first kappa shape index (κ1) is 15.5. The summed E-state index contributed by atoms with van der Waals surface area (Å²) in [4.78, 5) is 0. The summed E-state index contributed by atoms with van der Waals surface area (Å²) in [6.45, 7) is 18.5. The van der Waals surface area contributed by atoms with Crippen molar-refractivity contribution in [1.29, 1.82) is 0 Å². The molecule has 0 saturated carbocycles. The van der Waals surface area contributed by atoms with E-state index < -0.39 is 16.1 Å². The van der Waals surface area contributed by atoms with Crippen molar-refractivity contribution in [3.8, 4) is 0 Å². The van der Waals surface area contributed by atoms with E-state index in [1.54, 1.807) is 0 Å². The zero-order chi connectivity index (χ0) is 13.3. The van der Waals surface area contributed by atoms with Gasteiger partial charge < -0.3 is 4.74 Å². The van der Waals surface area contributed by atoms with Gasteiger partial charge in [-0.25, -0.2) is 0 Å². The Kier molecular flexibility index (Phi) is 4.71. The van der Waals surface area contributed by atoms with Gasteiger partial charge >= 0.3 is 0 Å². The summed E-state index contributed by atoms with van der Waals surface area (Å²) >= 11 is 0. The molecule has 1 saturated heterocycles. The van der Waals surface area contributed by atoms with E-state index in [1.165, 1.54) is 24.9 Å². The summed E-state index contributed by atoms with van der Waals surface area (Å²) in [5.41, 5.74) is 0.450. The van der Waals surface area contributed by atoms with Gasteiger partial charge in [0.15, 0.2) is 0 Å². The topological polar surface area (TPSA) is 9.23 Å². The van der Waals surface area contributed by atoms with E-state index >= 15 is 0 Å². The summed E-state index contributed by atoms with van der Waals surface area (Å²) in [6, 6.07) is 2.85. The van der Waals surface area contributed by atoms with E-state index in [2.05, 4.69) is 46.2 Å². The van der Waals surface area contributed by atoms with Gasteiger partial charge in [-0.2, -0.15) is 0 Å². The van der Waals surface area contributed by atoms with Gasteiger partial charge in [-0.3, -0.25) is 0 Å². The van der Waals surface area contributed by atoms with Gasteiger partial charge in [0, 0.05) is 22.8 Å². The van der Waals surface area contributed by atoms with Crippen LogP contribution in [0.3, 0.4) is 0 Å². The molecule has 1 aliphatic heterocycles. The van der Waals surface area contributed by atoms with Crippen molar-refractivity contribution in [2.75, 3.05) is 6.61 Å². The van der Waals surface area contributed by atoms with E-state index in [0.717, 1.165) is 6.61 Å². The fraction of sp³-hybridized carbons (Fsp3) is 1.00. The minimum Gasteiger partial charge on any atom is -0.378 e.